The summed E-state index contributed by atoms with van der Waals surface area (Å²) >= 11 is 6.32. The number of halogens is 4. The van der Waals surface area contributed by atoms with Crippen molar-refractivity contribution in [2.24, 2.45) is 0 Å². The van der Waals surface area contributed by atoms with Gasteiger partial charge < -0.3 is 10.4 Å². The number of hydrogen-bond donors (Lipinski definition) is 2. The van der Waals surface area contributed by atoms with Crippen LogP contribution in [0.15, 0.2) is 0 Å². The summed E-state index contributed by atoms with van der Waals surface area (Å²) in [5.74, 6) is 0. The van der Waals surface area contributed by atoms with Gasteiger partial charge in [0.15, 0.2) is 16.4 Å². The molecule has 2 N–H and O–H groups in total. The van der Waals surface area contributed by atoms with Crippen LogP contribution in [-0.4, -0.2) is 28.9 Å². The monoisotopic (exact) mass is 271 g/mol. The molecule has 0 radical (unpaired) electrons. The van der Waals surface area contributed by atoms with Crippen molar-refractivity contribution in [3.8, 4) is 6.07 Å². The van der Waals surface area contributed by atoms with Crippen molar-refractivity contribution in [2.75, 3.05) is 11.9 Å². The third-order valence-electron chi connectivity index (χ3n) is 1.51. The van der Waals surface area contributed by atoms with E-state index in [-0.39, 0.29) is 15.2 Å². The molecule has 0 saturated heterocycles. The molecule has 0 aliphatic carbocycles. The average Bonchev–Trinajstić information content (AvgIpc) is 2.54. The molecular formula is C7H5ClF3N3OS. The minimum atomic E-state index is -4.69. The highest BCUT2D eigenvalue weighted by Crippen LogP contribution is 2.26. The van der Waals surface area contributed by atoms with Gasteiger partial charge in [-0.15, -0.1) is 0 Å². The first-order valence-corrected chi connectivity index (χ1v) is 5.09. The van der Waals surface area contributed by atoms with Crippen molar-refractivity contribution in [2.45, 2.75) is 12.3 Å². The number of aliphatic hydroxyl groups is 1. The largest absolute Gasteiger partial charge is 0.416 e. The van der Waals surface area contributed by atoms with Gasteiger partial charge in [0.2, 0.25) is 0 Å². The summed E-state index contributed by atoms with van der Waals surface area (Å²) in [4.78, 5) is 3.71. The van der Waals surface area contributed by atoms with Crippen LogP contribution in [0.5, 0.6) is 0 Å². The Kier molecular flexibility index (Phi) is 3.96. The summed E-state index contributed by atoms with van der Waals surface area (Å²) in [7, 11) is 0. The predicted octanol–water partition coefficient (Wildman–Crippen LogP) is 2.00. The fourth-order valence-corrected chi connectivity index (χ4v) is 1.70. The van der Waals surface area contributed by atoms with Gasteiger partial charge in [0.25, 0.3) is 0 Å². The molecule has 0 spiro atoms. The molecule has 0 aliphatic rings. The molecule has 0 amide bonds. The minimum absolute atomic E-state index is 0.0600. The molecule has 1 aromatic rings. The van der Waals surface area contributed by atoms with Crippen molar-refractivity contribution < 1.29 is 18.3 Å². The zero-order valence-electron chi connectivity index (χ0n) is 7.55. The molecule has 1 rings (SSSR count). The normalized spacial score (nSPS) is 13.2. The van der Waals surface area contributed by atoms with Crippen molar-refractivity contribution >= 4 is 28.1 Å². The summed E-state index contributed by atoms with van der Waals surface area (Å²) in [5.41, 5.74) is 0. The smallest absolute Gasteiger partial charge is 0.382 e. The van der Waals surface area contributed by atoms with Crippen LogP contribution in [0, 0.1) is 11.3 Å². The average molecular weight is 272 g/mol. The van der Waals surface area contributed by atoms with E-state index in [1.165, 1.54) is 0 Å². The fourth-order valence-electron chi connectivity index (χ4n) is 0.746. The Labute approximate surface area is 97.3 Å². The van der Waals surface area contributed by atoms with Crippen molar-refractivity contribution in [3.05, 3.63) is 10.0 Å². The lowest BCUT2D eigenvalue weighted by Gasteiger charge is -2.14. The van der Waals surface area contributed by atoms with Crippen LogP contribution < -0.4 is 5.32 Å². The molecule has 1 unspecified atom stereocenters. The summed E-state index contributed by atoms with van der Waals surface area (Å²) in [6.07, 6.45) is -7.17. The second-order valence-corrected chi connectivity index (χ2v) is 4.05. The molecule has 0 saturated carbocycles. The van der Waals surface area contributed by atoms with Crippen LogP contribution in [-0.2, 0) is 0 Å². The van der Waals surface area contributed by atoms with E-state index in [4.69, 9.17) is 22.0 Å². The number of hydrogen-bond acceptors (Lipinski definition) is 5. The number of aromatic nitrogens is 1. The first-order valence-electron chi connectivity index (χ1n) is 3.89. The molecule has 0 aliphatic heterocycles. The van der Waals surface area contributed by atoms with Gasteiger partial charge in [0, 0.05) is 0 Å². The molecule has 0 aromatic carbocycles. The molecule has 1 aromatic heterocycles. The van der Waals surface area contributed by atoms with Crippen molar-refractivity contribution in [1.82, 2.24) is 4.98 Å². The fraction of sp³-hybridized carbons (Fsp3) is 0.429. The standard InChI is InChI=1S/C7H5ClF3N3OS/c8-5-3(1-12)16-6(14-5)13-2-4(15)7(9,10)11/h4,15H,2H2,(H,13,14). The van der Waals surface area contributed by atoms with Crippen LogP contribution >= 0.6 is 22.9 Å². The molecule has 88 valence electrons. The molecule has 4 nitrogen and oxygen atoms in total. The summed E-state index contributed by atoms with van der Waals surface area (Å²) < 4.78 is 35.8. The summed E-state index contributed by atoms with van der Waals surface area (Å²) in [5, 5.41) is 19.4. The second-order valence-electron chi connectivity index (χ2n) is 2.69. The maximum atomic E-state index is 11.9. The number of anilines is 1. The van der Waals surface area contributed by atoms with E-state index < -0.39 is 18.8 Å². The zero-order chi connectivity index (χ0) is 12.3. The Balaban J connectivity index is 2.59. The molecule has 1 atom stereocenters. The Bertz CT molecular complexity index is 414. The van der Waals surface area contributed by atoms with E-state index >= 15 is 0 Å². The van der Waals surface area contributed by atoms with Crippen molar-refractivity contribution in [3.63, 3.8) is 0 Å². The van der Waals surface area contributed by atoms with Gasteiger partial charge >= 0.3 is 6.18 Å². The highest BCUT2D eigenvalue weighted by atomic mass is 35.5. The number of aliphatic hydroxyl groups excluding tert-OH is 1. The van der Waals surface area contributed by atoms with Crippen LogP contribution in [0.3, 0.4) is 0 Å². The SMILES string of the molecule is N#Cc1sc(NCC(O)C(F)(F)F)nc1Cl. The van der Waals surface area contributed by atoms with Gasteiger partial charge in [-0.1, -0.05) is 22.9 Å². The first kappa shape index (κ1) is 13.0. The summed E-state index contributed by atoms with van der Waals surface area (Å²) in [6.45, 7) is -0.738. The maximum absolute atomic E-state index is 11.9. The van der Waals surface area contributed by atoms with E-state index in [9.17, 15) is 13.2 Å². The van der Waals surface area contributed by atoms with Crippen LogP contribution in [0.4, 0.5) is 18.3 Å². The predicted molar refractivity (Wildman–Crippen MR) is 52.4 cm³/mol. The number of nitriles is 1. The quantitative estimate of drug-likeness (QED) is 0.882. The Morgan fingerprint density at radius 2 is 2.25 bits per heavy atom. The van der Waals surface area contributed by atoms with E-state index in [0.717, 1.165) is 11.3 Å². The number of rotatable bonds is 3. The third-order valence-corrected chi connectivity index (χ3v) is 2.82. The lowest BCUT2D eigenvalue weighted by molar-refractivity contribution is -0.198. The van der Waals surface area contributed by atoms with Gasteiger partial charge in [-0.25, -0.2) is 4.98 Å². The van der Waals surface area contributed by atoms with Gasteiger partial charge in [0.05, 0.1) is 6.54 Å². The lowest BCUT2D eigenvalue weighted by atomic mass is 10.3. The van der Waals surface area contributed by atoms with Gasteiger partial charge in [-0.2, -0.15) is 18.4 Å². The topological polar surface area (TPSA) is 68.9 Å². The van der Waals surface area contributed by atoms with Crippen LogP contribution in [0.1, 0.15) is 4.88 Å². The van der Waals surface area contributed by atoms with Gasteiger partial charge in [0.1, 0.15) is 10.9 Å². The van der Waals surface area contributed by atoms with Crippen LogP contribution in [0.2, 0.25) is 5.15 Å². The molecule has 1 heterocycles. The third kappa shape index (κ3) is 3.23. The molecule has 9 heteroatoms. The summed E-state index contributed by atoms with van der Waals surface area (Å²) in [6, 6.07) is 1.73. The Morgan fingerprint density at radius 1 is 1.62 bits per heavy atom. The Morgan fingerprint density at radius 3 is 2.69 bits per heavy atom. The number of nitrogens with one attached hydrogen (secondary N) is 1. The lowest BCUT2D eigenvalue weighted by Crippen LogP contribution is -2.34. The maximum Gasteiger partial charge on any atom is 0.416 e. The zero-order valence-corrected chi connectivity index (χ0v) is 9.12. The van der Waals surface area contributed by atoms with E-state index in [2.05, 4.69) is 10.3 Å². The molecule has 0 bridgehead atoms. The van der Waals surface area contributed by atoms with E-state index in [1.54, 1.807) is 6.07 Å². The number of nitrogens with zero attached hydrogens (tertiary/aromatic N) is 2. The number of alkyl halides is 3. The van der Waals surface area contributed by atoms with Gasteiger partial charge in [-0.05, 0) is 0 Å². The molecular weight excluding hydrogens is 267 g/mol. The highest BCUT2D eigenvalue weighted by Gasteiger charge is 2.38. The van der Waals surface area contributed by atoms with Crippen LogP contribution in [0.25, 0.3) is 0 Å². The first-order chi connectivity index (χ1) is 7.34. The van der Waals surface area contributed by atoms with Gasteiger partial charge in [-0.3, -0.25) is 0 Å². The van der Waals surface area contributed by atoms with Crippen molar-refractivity contribution in [1.29, 1.82) is 5.26 Å². The van der Waals surface area contributed by atoms with E-state index in [0.29, 0.717) is 0 Å². The second kappa shape index (κ2) is 4.86. The van der Waals surface area contributed by atoms with E-state index in [1.807, 2.05) is 0 Å². The minimum Gasteiger partial charge on any atom is -0.382 e. The molecule has 0 fully saturated rings. The Hall–Kier alpha value is -1.04. The highest BCUT2D eigenvalue weighted by molar-refractivity contribution is 7.16. The number of thiazole rings is 1. The molecule has 16 heavy (non-hydrogen) atoms.